The highest BCUT2D eigenvalue weighted by Gasteiger charge is 2.31. The zero-order chi connectivity index (χ0) is 24.9. The summed E-state index contributed by atoms with van der Waals surface area (Å²) >= 11 is 0. The predicted molar refractivity (Wildman–Crippen MR) is 126 cm³/mol. The maximum atomic E-state index is 14.3. The molecule has 0 aliphatic carbocycles. The first-order valence-corrected chi connectivity index (χ1v) is 11.5. The molecule has 2 atom stereocenters. The number of nitrogens with zero attached hydrogens (tertiary/aromatic N) is 7. The molecule has 10 nitrogen and oxygen atoms in total. The molecule has 1 fully saturated rings. The van der Waals surface area contributed by atoms with E-state index in [2.05, 4.69) is 32.0 Å². The lowest BCUT2D eigenvalue weighted by molar-refractivity contribution is 0.0524. The minimum absolute atomic E-state index is 0.0186. The molecule has 1 saturated heterocycles. The van der Waals surface area contributed by atoms with Crippen molar-refractivity contribution in [3.05, 3.63) is 42.0 Å². The van der Waals surface area contributed by atoms with Gasteiger partial charge in [0, 0.05) is 36.2 Å². The fourth-order valence-electron chi connectivity index (χ4n) is 4.65. The van der Waals surface area contributed by atoms with Gasteiger partial charge in [-0.15, -0.1) is 5.10 Å². The van der Waals surface area contributed by atoms with Crippen LogP contribution in [-0.4, -0.2) is 65.4 Å². The van der Waals surface area contributed by atoms with Gasteiger partial charge in [-0.05, 0) is 25.8 Å². The number of hydrogen-bond acceptors (Lipinski definition) is 8. The third-order valence-corrected chi connectivity index (χ3v) is 6.84. The van der Waals surface area contributed by atoms with Crippen molar-refractivity contribution in [2.24, 2.45) is 5.41 Å². The van der Waals surface area contributed by atoms with E-state index in [-0.39, 0.29) is 47.7 Å². The van der Waals surface area contributed by atoms with Crippen molar-refractivity contribution in [1.82, 2.24) is 29.4 Å². The molecule has 0 saturated carbocycles. The van der Waals surface area contributed by atoms with Crippen LogP contribution in [0, 0.1) is 17.0 Å². The molecule has 5 rings (SSSR count). The van der Waals surface area contributed by atoms with Crippen molar-refractivity contribution in [2.75, 3.05) is 30.4 Å². The van der Waals surface area contributed by atoms with Crippen LogP contribution in [0.4, 0.5) is 20.4 Å². The van der Waals surface area contributed by atoms with Gasteiger partial charge in [0.25, 0.3) is 0 Å². The fourth-order valence-corrected chi connectivity index (χ4v) is 4.65. The van der Waals surface area contributed by atoms with E-state index in [0.717, 1.165) is 24.6 Å². The molecule has 0 radical (unpaired) electrons. The third-order valence-electron chi connectivity index (χ3n) is 6.84. The van der Waals surface area contributed by atoms with Crippen molar-refractivity contribution >= 4 is 28.2 Å². The summed E-state index contributed by atoms with van der Waals surface area (Å²) in [5, 5.41) is 28.4. The maximum absolute atomic E-state index is 14.3. The predicted octanol–water partition coefficient (Wildman–Crippen LogP) is 2.10. The Labute approximate surface area is 200 Å². The van der Waals surface area contributed by atoms with Crippen LogP contribution < -0.4 is 10.6 Å². The summed E-state index contributed by atoms with van der Waals surface area (Å²) in [6.07, 6.45) is 5.39. The maximum Gasteiger partial charge on any atom is 0.223 e. The van der Waals surface area contributed by atoms with Crippen molar-refractivity contribution in [1.29, 1.82) is 0 Å². The number of nitrogen functional groups attached to an aromatic ring is 1. The van der Waals surface area contributed by atoms with Gasteiger partial charge in [-0.3, -0.25) is 4.68 Å². The Bertz CT molecular complexity index is 1380. The van der Waals surface area contributed by atoms with Crippen LogP contribution in [0.3, 0.4) is 0 Å². The van der Waals surface area contributed by atoms with E-state index < -0.39 is 17.0 Å². The normalized spacial score (nSPS) is 19.2. The lowest BCUT2D eigenvalue weighted by Gasteiger charge is -2.37. The Kier molecular flexibility index (Phi) is 5.80. The number of benzene rings is 1. The monoisotopic (exact) mass is 486 g/mol. The number of hydrogen-bond donors (Lipinski definition) is 3. The summed E-state index contributed by atoms with van der Waals surface area (Å²) < 4.78 is 31.3. The Hall–Kier alpha value is -3.38. The summed E-state index contributed by atoms with van der Waals surface area (Å²) in [6.45, 7) is 4.63. The van der Waals surface area contributed by atoms with E-state index >= 15 is 0 Å². The van der Waals surface area contributed by atoms with Crippen molar-refractivity contribution in [3.63, 3.8) is 0 Å². The second kappa shape index (κ2) is 8.68. The molecule has 186 valence electrons. The average molecular weight is 487 g/mol. The largest absolute Gasteiger partial charge is 0.396 e. The molecule has 4 aromatic rings. The van der Waals surface area contributed by atoms with Gasteiger partial charge in [-0.2, -0.15) is 9.61 Å². The molecule has 0 spiro atoms. The summed E-state index contributed by atoms with van der Waals surface area (Å²) in [5.74, 6) is -1.04. The van der Waals surface area contributed by atoms with Crippen molar-refractivity contribution in [3.8, 4) is 0 Å². The molecule has 0 bridgehead atoms. The summed E-state index contributed by atoms with van der Waals surface area (Å²) in [7, 11) is 0. The standard InChI is InChI=1S/C23H28F2N8O2/c1-13-3-4-14(8-32(13)16-7-27-31(9-16)10-23(2,11-34)12-35)20-29-21-17-5-15(24)6-18(25)19(17)28-22(26)33(21)30-20/h5-7,9,13-14,34-35H,3-4,8,10-12H2,1-2H3,(H2,26,28). The van der Waals surface area contributed by atoms with Gasteiger partial charge in [-0.1, -0.05) is 6.92 Å². The highest BCUT2D eigenvalue weighted by Crippen LogP contribution is 2.33. The lowest BCUT2D eigenvalue weighted by Crippen LogP contribution is -2.41. The second-order valence-corrected chi connectivity index (χ2v) is 9.76. The molecule has 1 aliphatic heterocycles. The van der Waals surface area contributed by atoms with E-state index in [1.807, 2.05) is 6.20 Å². The molecular weight excluding hydrogens is 458 g/mol. The summed E-state index contributed by atoms with van der Waals surface area (Å²) in [5.41, 5.74) is 6.49. The number of nitrogens with two attached hydrogens (primary N) is 1. The van der Waals surface area contributed by atoms with E-state index in [1.165, 1.54) is 10.6 Å². The quantitative estimate of drug-likeness (QED) is 0.378. The minimum atomic E-state index is -0.799. The highest BCUT2D eigenvalue weighted by atomic mass is 19.1. The molecule has 4 N–H and O–H groups in total. The highest BCUT2D eigenvalue weighted by molar-refractivity contribution is 5.92. The van der Waals surface area contributed by atoms with Crippen LogP contribution in [0.25, 0.3) is 16.6 Å². The lowest BCUT2D eigenvalue weighted by atomic mass is 9.92. The first-order valence-electron chi connectivity index (χ1n) is 11.5. The van der Waals surface area contributed by atoms with Crippen LogP contribution in [0.2, 0.25) is 0 Å². The molecule has 4 heterocycles. The van der Waals surface area contributed by atoms with E-state index in [4.69, 9.17) is 5.73 Å². The van der Waals surface area contributed by atoms with Gasteiger partial charge in [0.2, 0.25) is 5.95 Å². The van der Waals surface area contributed by atoms with Crippen LogP contribution in [-0.2, 0) is 6.54 Å². The molecule has 1 aromatic carbocycles. The van der Waals surface area contributed by atoms with Gasteiger partial charge in [0.1, 0.15) is 11.3 Å². The average Bonchev–Trinajstić information content (AvgIpc) is 3.48. The van der Waals surface area contributed by atoms with Gasteiger partial charge < -0.3 is 20.8 Å². The number of rotatable bonds is 6. The smallest absolute Gasteiger partial charge is 0.223 e. The van der Waals surface area contributed by atoms with Crippen LogP contribution in [0.15, 0.2) is 24.5 Å². The summed E-state index contributed by atoms with van der Waals surface area (Å²) in [4.78, 5) is 10.9. The SMILES string of the molecule is CC1CCC(c2nc3c4cc(F)cc(F)c4nc(N)n3n2)CN1c1cnn(CC(C)(CO)CO)c1. The molecule has 3 aromatic heterocycles. The zero-order valence-electron chi connectivity index (χ0n) is 19.6. The molecular formula is C23H28F2N8O2. The number of piperidine rings is 1. The van der Waals surface area contributed by atoms with E-state index in [1.54, 1.807) is 17.8 Å². The topological polar surface area (TPSA) is 131 Å². The van der Waals surface area contributed by atoms with Crippen LogP contribution in [0.1, 0.15) is 38.4 Å². The number of halogens is 2. The first kappa shape index (κ1) is 23.4. The number of aliphatic hydroxyl groups excluding tert-OH is 2. The molecule has 2 unspecified atom stereocenters. The Balaban J connectivity index is 1.45. The van der Waals surface area contributed by atoms with Gasteiger partial charge in [-0.25, -0.2) is 18.7 Å². The van der Waals surface area contributed by atoms with E-state index in [0.29, 0.717) is 18.9 Å². The Morgan fingerprint density at radius 1 is 1.17 bits per heavy atom. The Morgan fingerprint density at radius 2 is 1.94 bits per heavy atom. The number of aliphatic hydroxyl groups is 2. The van der Waals surface area contributed by atoms with Crippen LogP contribution in [0.5, 0.6) is 0 Å². The van der Waals surface area contributed by atoms with Crippen LogP contribution >= 0.6 is 0 Å². The fraction of sp³-hybridized carbons (Fsp3) is 0.478. The van der Waals surface area contributed by atoms with Gasteiger partial charge in [0.05, 0.1) is 37.0 Å². The molecule has 12 heteroatoms. The summed E-state index contributed by atoms with van der Waals surface area (Å²) in [6, 6.07) is 2.21. The molecule has 35 heavy (non-hydrogen) atoms. The number of aromatic nitrogens is 6. The van der Waals surface area contributed by atoms with Gasteiger partial charge in [0.15, 0.2) is 17.3 Å². The van der Waals surface area contributed by atoms with Crippen molar-refractivity contribution in [2.45, 2.75) is 45.2 Å². The number of fused-ring (bicyclic) bond motifs is 3. The van der Waals surface area contributed by atoms with Crippen molar-refractivity contribution < 1.29 is 19.0 Å². The first-order chi connectivity index (χ1) is 16.7. The Morgan fingerprint density at radius 3 is 2.69 bits per heavy atom. The zero-order valence-corrected chi connectivity index (χ0v) is 19.6. The second-order valence-electron chi connectivity index (χ2n) is 9.76. The van der Waals surface area contributed by atoms with E-state index in [9.17, 15) is 19.0 Å². The number of anilines is 2. The van der Waals surface area contributed by atoms with Gasteiger partial charge >= 0.3 is 0 Å². The molecule has 0 amide bonds. The molecule has 1 aliphatic rings. The third kappa shape index (κ3) is 4.16. The minimum Gasteiger partial charge on any atom is -0.396 e.